The summed E-state index contributed by atoms with van der Waals surface area (Å²) >= 11 is 0. The Hall–Kier alpha value is -0.0800. The fourth-order valence-corrected chi connectivity index (χ4v) is 2.71. The molecule has 1 saturated carbocycles. The van der Waals surface area contributed by atoms with Crippen LogP contribution in [0.5, 0.6) is 0 Å². The molecule has 17 heavy (non-hydrogen) atoms. The fourth-order valence-electron chi connectivity index (χ4n) is 2.71. The Bertz CT molecular complexity index is 184. The molecule has 1 aliphatic carbocycles. The third-order valence-electron chi connectivity index (χ3n) is 3.86. The second-order valence-corrected chi connectivity index (χ2v) is 5.57. The van der Waals surface area contributed by atoms with E-state index in [1.54, 1.807) is 0 Å². The summed E-state index contributed by atoms with van der Waals surface area (Å²) in [6.45, 7) is 8.85. The zero-order valence-corrected chi connectivity index (χ0v) is 12.0. The van der Waals surface area contributed by atoms with Gasteiger partial charge in [-0.15, -0.1) is 0 Å². The van der Waals surface area contributed by atoms with Crippen LogP contribution in [0.3, 0.4) is 0 Å². The number of rotatable bonds is 8. The van der Waals surface area contributed by atoms with E-state index in [1.165, 1.54) is 44.9 Å². The average Bonchev–Trinajstić information content (AvgIpc) is 2.34. The van der Waals surface area contributed by atoms with E-state index in [0.29, 0.717) is 12.1 Å². The maximum Gasteiger partial charge on any atom is 0.0623 e. The van der Waals surface area contributed by atoms with Crippen molar-refractivity contribution in [1.29, 1.82) is 0 Å². The summed E-state index contributed by atoms with van der Waals surface area (Å²) < 4.78 is 6.14. The molecule has 0 bridgehead atoms. The van der Waals surface area contributed by atoms with Crippen molar-refractivity contribution < 1.29 is 4.74 Å². The topological polar surface area (TPSA) is 21.3 Å². The van der Waals surface area contributed by atoms with E-state index in [9.17, 15) is 0 Å². The molecule has 0 aromatic rings. The van der Waals surface area contributed by atoms with Gasteiger partial charge in [0.2, 0.25) is 0 Å². The standard InChI is InChI=1S/C15H31NO/c1-4-8-14(16-11-5-2)12-17-15-10-7-6-9-13(15)3/h13-16H,4-12H2,1-3H3. The Morgan fingerprint density at radius 2 is 1.94 bits per heavy atom. The number of hydrogen-bond acceptors (Lipinski definition) is 2. The van der Waals surface area contributed by atoms with Gasteiger partial charge in [-0.1, -0.05) is 40.0 Å². The van der Waals surface area contributed by atoms with E-state index < -0.39 is 0 Å². The van der Waals surface area contributed by atoms with Crippen molar-refractivity contribution >= 4 is 0 Å². The lowest BCUT2D eigenvalue weighted by atomic mass is 9.88. The quantitative estimate of drug-likeness (QED) is 0.699. The maximum atomic E-state index is 6.14. The van der Waals surface area contributed by atoms with E-state index >= 15 is 0 Å². The molecule has 0 heterocycles. The van der Waals surface area contributed by atoms with Gasteiger partial charge < -0.3 is 10.1 Å². The van der Waals surface area contributed by atoms with Gasteiger partial charge >= 0.3 is 0 Å². The van der Waals surface area contributed by atoms with Crippen molar-refractivity contribution in [3.63, 3.8) is 0 Å². The first-order valence-corrected chi connectivity index (χ1v) is 7.62. The van der Waals surface area contributed by atoms with Crippen LogP contribution in [0.15, 0.2) is 0 Å². The minimum atomic E-state index is 0.520. The van der Waals surface area contributed by atoms with E-state index in [0.717, 1.165) is 19.1 Å². The van der Waals surface area contributed by atoms with Crippen LogP contribution in [0.1, 0.15) is 65.7 Å². The van der Waals surface area contributed by atoms with E-state index in [1.807, 2.05) is 0 Å². The first-order valence-electron chi connectivity index (χ1n) is 7.62. The normalized spacial score (nSPS) is 27.0. The summed E-state index contributed by atoms with van der Waals surface area (Å²) in [6, 6.07) is 0.564. The molecule has 1 rings (SSSR count). The van der Waals surface area contributed by atoms with Crippen molar-refractivity contribution in [1.82, 2.24) is 5.32 Å². The molecule has 0 saturated heterocycles. The highest BCUT2D eigenvalue weighted by molar-refractivity contribution is 4.74. The monoisotopic (exact) mass is 241 g/mol. The second kappa shape index (κ2) is 8.93. The lowest BCUT2D eigenvalue weighted by Gasteiger charge is -2.30. The molecule has 3 unspecified atom stereocenters. The molecule has 2 nitrogen and oxygen atoms in total. The van der Waals surface area contributed by atoms with Gasteiger partial charge in [0, 0.05) is 6.04 Å². The van der Waals surface area contributed by atoms with E-state index in [2.05, 4.69) is 26.1 Å². The van der Waals surface area contributed by atoms with Crippen LogP contribution in [0, 0.1) is 5.92 Å². The third kappa shape index (κ3) is 5.87. The lowest BCUT2D eigenvalue weighted by molar-refractivity contribution is -0.0158. The van der Waals surface area contributed by atoms with E-state index in [-0.39, 0.29) is 0 Å². The van der Waals surface area contributed by atoms with Gasteiger partial charge in [-0.2, -0.15) is 0 Å². The summed E-state index contributed by atoms with van der Waals surface area (Å²) in [5, 5.41) is 3.60. The molecule has 0 spiro atoms. The van der Waals surface area contributed by atoms with Crippen LogP contribution in [-0.2, 0) is 4.74 Å². The molecule has 0 radical (unpaired) electrons. The summed E-state index contributed by atoms with van der Waals surface area (Å²) in [4.78, 5) is 0. The molecule has 0 aromatic heterocycles. The second-order valence-electron chi connectivity index (χ2n) is 5.57. The molecule has 102 valence electrons. The lowest BCUT2D eigenvalue weighted by Crippen LogP contribution is -2.37. The van der Waals surface area contributed by atoms with Gasteiger partial charge in [-0.3, -0.25) is 0 Å². The highest BCUT2D eigenvalue weighted by atomic mass is 16.5. The molecular formula is C15H31NO. The van der Waals surface area contributed by atoms with Gasteiger partial charge in [-0.05, 0) is 38.1 Å². The maximum absolute atomic E-state index is 6.14. The molecular weight excluding hydrogens is 210 g/mol. The van der Waals surface area contributed by atoms with Crippen molar-refractivity contribution in [2.45, 2.75) is 77.9 Å². The molecule has 1 fully saturated rings. The molecule has 0 aromatic carbocycles. The minimum absolute atomic E-state index is 0.520. The van der Waals surface area contributed by atoms with E-state index in [4.69, 9.17) is 4.74 Å². The average molecular weight is 241 g/mol. The highest BCUT2D eigenvalue weighted by Crippen LogP contribution is 2.26. The van der Waals surface area contributed by atoms with Crippen LogP contribution in [-0.4, -0.2) is 25.3 Å². The number of ether oxygens (including phenoxy) is 1. The van der Waals surface area contributed by atoms with Crippen LogP contribution in [0.2, 0.25) is 0 Å². The Morgan fingerprint density at radius 3 is 2.59 bits per heavy atom. The molecule has 0 aliphatic heterocycles. The van der Waals surface area contributed by atoms with Crippen LogP contribution in [0.25, 0.3) is 0 Å². The number of hydrogen-bond donors (Lipinski definition) is 1. The van der Waals surface area contributed by atoms with Gasteiger partial charge in [-0.25, -0.2) is 0 Å². The first kappa shape index (κ1) is 15.0. The summed E-state index contributed by atoms with van der Waals surface area (Å²) in [5.74, 6) is 0.761. The highest BCUT2D eigenvalue weighted by Gasteiger charge is 2.22. The molecule has 1 N–H and O–H groups in total. The predicted molar refractivity (Wildman–Crippen MR) is 74.4 cm³/mol. The van der Waals surface area contributed by atoms with Gasteiger partial charge in [0.05, 0.1) is 12.7 Å². The Kier molecular flexibility index (Phi) is 7.87. The first-order chi connectivity index (χ1) is 8.27. The largest absolute Gasteiger partial charge is 0.376 e. The zero-order chi connectivity index (χ0) is 12.5. The van der Waals surface area contributed by atoms with Crippen LogP contribution >= 0.6 is 0 Å². The van der Waals surface area contributed by atoms with Gasteiger partial charge in [0.1, 0.15) is 0 Å². The van der Waals surface area contributed by atoms with Gasteiger partial charge in [0.25, 0.3) is 0 Å². The number of nitrogens with one attached hydrogen (secondary N) is 1. The SMILES string of the molecule is CCCNC(CCC)COC1CCCCC1C. The molecule has 1 aliphatic rings. The third-order valence-corrected chi connectivity index (χ3v) is 3.86. The molecule has 3 atom stereocenters. The summed E-state index contributed by atoms with van der Waals surface area (Å²) in [6.07, 6.45) is 9.58. The van der Waals surface area contributed by atoms with Crippen molar-refractivity contribution in [3.8, 4) is 0 Å². The van der Waals surface area contributed by atoms with Crippen LogP contribution < -0.4 is 5.32 Å². The Balaban J connectivity index is 2.23. The Labute approximate surface area is 108 Å². The molecule has 0 amide bonds. The zero-order valence-electron chi connectivity index (χ0n) is 12.0. The van der Waals surface area contributed by atoms with Crippen molar-refractivity contribution in [2.24, 2.45) is 5.92 Å². The van der Waals surface area contributed by atoms with Gasteiger partial charge in [0.15, 0.2) is 0 Å². The minimum Gasteiger partial charge on any atom is -0.376 e. The van der Waals surface area contributed by atoms with Crippen molar-refractivity contribution in [3.05, 3.63) is 0 Å². The van der Waals surface area contributed by atoms with Crippen molar-refractivity contribution in [2.75, 3.05) is 13.2 Å². The summed E-state index contributed by atoms with van der Waals surface area (Å²) in [7, 11) is 0. The Morgan fingerprint density at radius 1 is 1.18 bits per heavy atom. The smallest absolute Gasteiger partial charge is 0.0623 e. The molecule has 2 heteroatoms. The predicted octanol–water partition coefficient (Wildman–Crippen LogP) is 3.75. The summed E-state index contributed by atoms with van der Waals surface area (Å²) in [5.41, 5.74) is 0. The fraction of sp³-hybridized carbons (Fsp3) is 1.00. The van der Waals surface area contributed by atoms with Crippen LogP contribution in [0.4, 0.5) is 0 Å².